The highest BCUT2D eigenvalue weighted by Crippen LogP contribution is 2.28. The number of halogens is 1. The fourth-order valence-electron chi connectivity index (χ4n) is 1.98. The molecule has 0 saturated carbocycles. The van der Waals surface area contributed by atoms with E-state index >= 15 is 0 Å². The van der Waals surface area contributed by atoms with Gasteiger partial charge in [-0.1, -0.05) is 47.5 Å². The Morgan fingerprint density at radius 1 is 1.29 bits per heavy atom. The lowest BCUT2D eigenvalue weighted by atomic mass is 10.1. The van der Waals surface area contributed by atoms with Crippen LogP contribution in [0.25, 0.3) is 0 Å². The van der Waals surface area contributed by atoms with Crippen molar-refractivity contribution in [2.24, 2.45) is 0 Å². The van der Waals surface area contributed by atoms with Gasteiger partial charge in [-0.3, -0.25) is 14.9 Å². The van der Waals surface area contributed by atoms with Gasteiger partial charge >= 0.3 is 5.69 Å². The Hall–Kier alpha value is -2.40. The molecule has 0 unspecified atom stereocenters. The first kappa shape index (κ1) is 15.0. The predicted molar refractivity (Wildman–Crippen MR) is 80.5 cm³/mol. The Bertz CT molecular complexity index is 701. The van der Waals surface area contributed by atoms with E-state index in [1.807, 2.05) is 31.2 Å². The number of rotatable bonds is 4. The van der Waals surface area contributed by atoms with Crippen LogP contribution in [0.1, 0.15) is 21.5 Å². The summed E-state index contributed by atoms with van der Waals surface area (Å²) in [5, 5.41) is 13.6. The first-order valence-electron chi connectivity index (χ1n) is 6.25. The quantitative estimate of drug-likeness (QED) is 0.694. The minimum atomic E-state index is -0.649. The van der Waals surface area contributed by atoms with Crippen LogP contribution in [0.3, 0.4) is 0 Å². The van der Waals surface area contributed by atoms with E-state index in [-0.39, 0.29) is 16.3 Å². The summed E-state index contributed by atoms with van der Waals surface area (Å²) < 4.78 is 0. The third kappa shape index (κ3) is 3.58. The number of benzene rings is 2. The number of hydrogen-bond donors (Lipinski definition) is 1. The summed E-state index contributed by atoms with van der Waals surface area (Å²) >= 11 is 5.78. The Balaban J connectivity index is 2.18. The Kier molecular flexibility index (Phi) is 4.55. The largest absolute Gasteiger partial charge is 0.348 e. The number of carbonyl (C=O) groups is 1. The number of hydrogen-bond acceptors (Lipinski definition) is 3. The summed E-state index contributed by atoms with van der Waals surface area (Å²) in [4.78, 5) is 22.5. The van der Waals surface area contributed by atoms with Gasteiger partial charge in [0, 0.05) is 6.54 Å². The fraction of sp³-hybridized carbons (Fsp3) is 0.133. The molecule has 21 heavy (non-hydrogen) atoms. The second-order valence-corrected chi connectivity index (χ2v) is 4.97. The molecule has 5 nitrogen and oxygen atoms in total. The summed E-state index contributed by atoms with van der Waals surface area (Å²) in [6.07, 6.45) is 0. The van der Waals surface area contributed by atoms with Crippen LogP contribution in [0, 0.1) is 17.0 Å². The lowest BCUT2D eigenvalue weighted by Crippen LogP contribution is -2.23. The highest BCUT2D eigenvalue weighted by Gasteiger charge is 2.23. The molecule has 2 rings (SSSR count). The van der Waals surface area contributed by atoms with E-state index < -0.39 is 10.8 Å². The van der Waals surface area contributed by atoms with Gasteiger partial charge in [0.2, 0.25) is 0 Å². The normalized spacial score (nSPS) is 10.2. The van der Waals surface area contributed by atoms with Crippen LogP contribution in [0.4, 0.5) is 5.69 Å². The van der Waals surface area contributed by atoms with Gasteiger partial charge in [0.15, 0.2) is 0 Å². The number of nitrogens with zero attached hydrogens (tertiary/aromatic N) is 1. The van der Waals surface area contributed by atoms with Gasteiger partial charge in [0.05, 0.1) is 4.92 Å². The molecule has 0 aliphatic heterocycles. The van der Waals surface area contributed by atoms with Gasteiger partial charge in [-0.15, -0.1) is 0 Å². The smallest absolute Gasteiger partial charge is 0.300 e. The molecule has 6 heteroatoms. The van der Waals surface area contributed by atoms with E-state index in [0.29, 0.717) is 6.54 Å². The third-order valence-corrected chi connectivity index (χ3v) is 3.25. The highest BCUT2D eigenvalue weighted by molar-refractivity contribution is 6.33. The average Bonchev–Trinajstić information content (AvgIpc) is 2.44. The number of nitrogens with one attached hydrogen (secondary N) is 1. The van der Waals surface area contributed by atoms with Crippen molar-refractivity contribution in [3.05, 3.63) is 74.3 Å². The lowest BCUT2D eigenvalue weighted by Gasteiger charge is -2.07. The molecule has 0 saturated heterocycles. The predicted octanol–water partition coefficient (Wildman–Crippen LogP) is 3.49. The number of carbonyl (C=O) groups excluding carboxylic acids is 1. The van der Waals surface area contributed by atoms with Crippen LogP contribution in [0.15, 0.2) is 42.5 Å². The van der Waals surface area contributed by atoms with Crippen LogP contribution >= 0.6 is 11.6 Å². The second kappa shape index (κ2) is 6.37. The first-order chi connectivity index (χ1) is 9.99. The van der Waals surface area contributed by atoms with Gasteiger partial charge in [0.25, 0.3) is 5.91 Å². The van der Waals surface area contributed by atoms with Gasteiger partial charge in [0.1, 0.15) is 10.6 Å². The van der Waals surface area contributed by atoms with Crippen LogP contribution < -0.4 is 5.32 Å². The number of aryl methyl sites for hydroxylation is 1. The monoisotopic (exact) mass is 304 g/mol. The maximum absolute atomic E-state index is 12.1. The van der Waals surface area contributed by atoms with E-state index in [0.717, 1.165) is 11.1 Å². The molecular weight excluding hydrogens is 292 g/mol. The molecule has 1 N–H and O–H groups in total. The Morgan fingerprint density at radius 2 is 2.00 bits per heavy atom. The number of nitro benzene ring substituents is 1. The number of amides is 1. The Morgan fingerprint density at radius 3 is 2.67 bits per heavy atom. The standard InChI is InChI=1S/C15H13ClN2O3/c1-10-4-2-5-11(8-10)9-17-15(19)12-6-3-7-13(16)14(12)18(20)21/h2-8H,9H2,1H3,(H,17,19). The molecule has 0 aliphatic rings. The van der Waals surface area contributed by atoms with Gasteiger partial charge < -0.3 is 5.32 Å². The van der Waals surface area contributed by atoms with Crippen molar-refractivity contribution >= 4 is 23.2 Å². The highest BCUT2D eigenvalue weighted by atomic mass is 35.5. The zero-order chi connectivity index (χ0) is 15.4. The van der Waals surface area contributed by atoms with Crippen molar-refractivity contribution in [2.75, 3.05) is 0 Å². The van der Waals surface area contributed by atoms with E-state index in [2.05, 4.69) is 5.32 Å². The zero-order valence-corrected chi connectivity index (χ0v) is 12.1. The molecule has 2 aromatic rings. The van der Waals surface area contributed by atoms with Crippen molar-refractivity contribution in [3.63, 3.8) is 0 Å². The molecule has 1 amide bonds. The zero-order valence-electron chi connectivity index (χ0n) is 11.3. The first-order valence-corrected chi connectivity index (χ1v) is 6.63. The van der Waals surface area contributed by atoms with Crippen molar-refractivity contribution in [2.45, 2.75) is 13.5 Å². The molecule has 0 fully saturated rings. The summed E-state index contributed by atoms with van der Waals surface area (Å²) in [6, 6.07) is 11.9. The van der Waals surface area contributed by atoms with Crippen LogP contribution in [0.2, 0.25) is 5.02 Å². The number of para-hydroxylation sites is 1. The molecule has 0 spiro atoms. The summed E-state index contributed by atoms with van der Waals surface area (Å²) in [5.74, 6) is -0.522. The van der Waals surface area contributed by atoms with E-state index in [1.54, 1.807) is 0 Å². The SMILES string of the molecule is Cc1cccc(CNC(=O)c2cccc(Cl)c2[N+](=O)[O-])c1. The molecule has 0 heterocycles. The Labute approximate surface area is 126 Å². The van der Waals surface area contributed by atoms with Crippen molar-refractivity contribution in [1.82, 2.24) is 5.32 Å². The molecule has 108 valence electrons. The molecular formula is C15H13ClN2O3. The second-order valence-electron chi connectivity index (χ2n) is 4.56. The molecule has 0 aromatic heterocycles. The maximum atomic E-state index is 12.1. The van der Waals surface area contributed by atoms with E-state index in [1.165, 1.54) is 18.2 Å². The molecule has 0 aliphatic carbocycles. The van der Waals surface area contributed by atoms with Gasteiger partial charge in [-0.05, 0) is 24.6 Å². The van der Waals surface area contributed by atoms with Gasteiger partial charge in [-0.2, -0.15) is 0 Å². The van der Waals surface area contributed by atoms with Crippen LogP contribution in [0.5, 0.6) is 0 Å². The van der Waals surface area contributed by atoms with E-state index in [9.17, 15) is 14.9 Å². The van der Waals surface area contributed by atoms with Gasteiger partial charge in [-0.25, -0.2) is 0 Å². The molecule has 0 radical (unpaired) electrons. The minimum absolute atomic E-state index is 0.0415. The van der Waals surface area contributed by atoms with Crippen molar-refractivity contribution < 1.29 is 9.72 Å². The summed E-state index contributed by atoms with van der Waals surface area (Å²) in [7, 11) is 0. The average molecular weight is 305 g/mol. The van der Waals surface area contributed by atoms with Crippen LogP contribution in [-0.4, -0.2) is 10.8 Å². The molecule has 2 aromatic carbocycles. The lowest BCUT2D eigenvalue weighted by molar-refractivity contribution is -0.385. The topological polar surface area (TPSA) is 72.2 Å². The summed E-state index contributed by atoms with van der Waals surface area (Å²) in [5.41, 5.74) is 1.59. The summed E-state index contributed by atoms with van der Waals surface area (Å²) in [6.45, 7) is 2.25. The minimum Gasteiger partial charge on any atom is -0.348 e. The number of nitro groups is 1. The van der Waals surface area contributed by atoms with Crippen molar-refractivity contribution in [1.29, 1.82) is 0 Å². The molecule has 0 bridgehead atoms. The van der Waals surface area contributed by atoms with Crippen molar-refractivity contribution in [3.8, 4) is 0 Å². The fourth-order valence-corrected chi connectivity index (χ4v) is 2.23. The maximum Gasteiger partial charge on any atom is 0.300 e. The van der Waals surface area contributed by atoms with E-state index in [4.69, 9.17) is 11.6 Å². The molecule has 0 atom stereocenters. The third-order valence-electron chi connectivity index (χ3n) is 2.95. The van der Waals surface area contributed by atoms with Crippen LogP contribution in [-0.2, 0) is 6.54 Å².